The van der Waals surface area contributed by atoms with Crippen LogP contribution in [0.1, 0.15) is 29.2 Å². The SMILES string of the molecule is CNCCC(O)c1ccc(C)c(C)c1. The van der Waals surface area contributed by atoms with Crippen LogP contribution in [0.15, 0.2) is 18.2 Å². The van der Waals surface area contributed by atoms with E-state index in [-0.39, 0.29) is 6.10 Å². The summed E-state index contributed by atoms with van der Waals surface area (Å²) in [5.74, 6) is 0. The molecule has 14 heavy (non-hydrogen) atoms. The van der Waals surface area contributed by atoms with Gasteiger partial charge in [-0.3, -0.25) is 0 Å². The highest BCUT2D eigenvalue weighted by molar-refractivity contribution is 5.31. The van der Waals surface area contributed by atoms with Crippen LogP contribution in [0.3, 0.4) is 0 Å². The van der Waals surface area contributed by atoms with Crippen LogP contribution in [-0.4, -0.2) is 18.7 Å². The van der Waals surface area contributed by atoms with Crippen molar-refractivity contribution in [2.75, 3.05) is 13.6 Å². The molecule has 1 atom stereocenters. The number of aryl methyl sites for hydroxylation is 2. The summed E-state index contributed by atoms with van der Waals surface area (Å²) in [6.07, 6.45) is 0.417. The minimum atomic E-state index is -0.346. The van der Waals surface area contributed by atoms with Crippen molar-refractivity contribution in [3.63, 3.8) is 0 Å². The van der Waals surface area contributed by atoms with Gasteiger partial charge < -0.3 is 10.4 Å². The van der Waals surface area contributed by atoms with Crippen molar-refractivity contribution in [1.29, 1.82) is 0 Å². The Kier molecular flexibility index (Phi) is 4.11. The maximum absolute atomic E-state index is 9.83. The zero-order chi connectivity index (χ0) is 10.6. The molecule has 0 aliphatic carbocycles. The van der Waals surface area contributed by atoms with Gasteiger partial charge in [-0.15, -0.1) is 0 Å². The largest absolute Gasteiger partial charge is 0.388 e. The van der Waals surface area contributed by atoms with E-state index in [1.54, 1.807) is 0 Å². The van der Waals surface area contributed by atoms with Gasteiger partial charge in [-0.05, 0) is 50.6 Å². The van der Waals surface area contributed by atoms with Gasteiger partial charge in [-0.2, -0.15) is 0 Å². The highest BCUT2D eigenvalue weighted by Crippen LogP contribution is 2.19. The summed E-state index contributed by atoms with van der Waals surface area (Å²) in [5.41, 5.74) is 3.53. The van der Waals surface area contributed by atoms with Gasteiger partial charge in [-0.1, -0.05) is 18.2 Å². The summed E-state index contributed by atoms with van der Waals surface area (Å²) in [6.45, 7) is 5.00. The smallest absolute Gasteiger partial charge is 0.0802 e. The molecule has 0 saturated heterocycles. The third-order valence-corrected chi connectivity index (χ3v) is 2.58. The van der Waals surface area contributed by atoms with E-state index in [9.17, 15) is 5.11 Å². The highest BCUT2D eigenvalue weighted by atomic mass is 16.3. The molecule has 0 amide bonds. The Labute approximate surface area is 86.0 Å². The summed E-state index contributed by atoms with van der Waals surface area (Å²) in [4.78, 5) is 0. The Morgan fingerprint density at radius 1 is 1.29 bits per heavy atom. The molecule has 1 aromatic rings. The van der Waals surface area contributed by atoms with Crippen molar-refractivity contribution in [1.82, 2.24) is 5.32 Å². The monoisotopic (exact) mass is 193 g/mol. The molecule has 78 valence electrons. The van der Waals surface area contributed by atoms with Gasteiger partial charge in [0.25, 0.3) is 0 Å². The fourth-order valence-electron chi connectivity index (χ4n) is 1.42. The van der Waals surface area contributed by atoms with E-state index in [4.69, 9.17) is 0 Å². The Balaban J connectivity index is 2.70. The van der Waals surface area contributed by atoms with E-state index in [1.165, 1.54) is 11.1 Å². The third-order valence-electron chi connectivity index (χ3n) is 2.58. The van der Waals surface area contributed by atoms with Crippen LogP contribution in [0.4, 0.5) is 0 Å². The molecule has 1 unspecified atom stereocenters. The van der Waals surface area contributed by atoms with Crippen LogP contribution in [0, 0.1) is 13.8 Å². The molecule has 2 N–H and O–H groups in total. The van der Waals surface area contributed by atoms with Gasteiger partial charge in [0.05, 0.1) is 6.10 Å². The van der Waals surface area contributed by atoms with Crippen molar-refractivity contribution in [2.45, 2.75) is 26.4 Å². The number of benzene rings is 1. The van der Waals surface area contributed by atoms with Crippen LogP contribution in [-0.2, 0) is 0 Å². The maximum atomic E-state index is 9.83. The van der Waals surface area contributed by atoms with E-state index in [0.29, 0.717) is 0 Å². The molecule has 2 heteroatoms. The molecule has 0 spiro atoms. The molecule has 0 aromatic heterocycles. The molecular formula is C12H19NO. The average Bonchev–Trinajstić information content (AvgIpc) is 2.18. The van der Waals surface area contributed by atoms with Crippen LogP contribution in [0.25, 0.3) is 0 Å². The fraction of sp³-hybridized carbons (Fsp3) is 0.500. The van der Waals surface area contributed by atoms with Gasteiger partial charge in [0.1, 0.15) is 0 Å². The zero-order valence-electron chi connectivity index (χ0n) is 9.17. The van der Waals surface area contributed by atoms with E-state index < -0.39 is 0 Å². The van der Waals surface area contributed by atoms with Gasteiger partial charge in [-0.25, -0.2) is 0 Å². The molecule has 2 nitrogen and oxygen atoms in total. The van der Waals surface area contributed by atoms with E-state index in [0.717, 1.165) is 18.5 Å². The van der Waals surface area contributed by atoms with E-state index in [1.807, 2.05) is 13.1 Å². The molecule has 1 aromatic carbocycles. The second-order valence-corrected chi connectivity index (χ2v) is 3.75. The van der Waals surface area contributed by atoms with Gasteiger partial charge >= 0.3 is 0 Å². The third kappa shape index (κ3) is 2.82. The molecule has 0 radical (unpaired) electrons. The van der Waals surface area contributed by atoms with Crippen molar-refractivity contribution in [3.05, 3.63) is 34.9 Å². The highest BCUT2D eigenvalue weighted by Gasteiger charge is 2.07. The number of aliphatic hydroxyl groups is 1. The number of nitrogens with one attached hydrogen (secondary N) is 1. The fourth-order valence-corrected chi connectivity index (χ4v) is 1.42. The molecule has 0 fully saturated rings. The normalized spacial score (nSPS) is 12.9. The van der Waals surface area contributed by atoms with Crippen LogP contribution in [0.5, 0.6) is 0 Å². The topological polar surface area (TPSA) is 32.3 Å². The first kappa shape index (κ1) is 11.2. The molecule has 0 saturated carbocycles. The first-order valence-corrected chi connectivity index (χ1v) is 5.05. The lowest BCUT2D eigenvalue weighted by molar-refractivity contribution is 0.167. The lowest BCUT2D eigenvalue weighted by atomic mass is 10.0. The average molecular weight is 193 g/mol. The number of hydrogen-bond acceptors (Lipinski definition) is 2. The van der Waals surface area contributed by atoms with Crippen molar-refractivity contribution < 1.29 is 5.11 Å². The molecule has 0 aliphatic rings. The minimum Gasteiger partial charge on any atom is -0.388 e. The maximum Gasteiger partial charge on any atom is 0.0802 e. The van der Waals surface area contributed by atoms with Gasteiger partial charge in [0, 0.05) is 0 Å². The summed E-state index contributed by atoms with van der Waals surface area (Å²) in [7, 11) is 1.90. The second-order valence-electron chi connectivity index (χ2n) is 3.75. The predicted molar refractivity (Wildman–Crippen MR) is 59.4 cm³/mol. The lowest BCUT2D eigenvalue weighted by Crippen LogP contribution is -2.12. The number of rotatable bonds is 4. The summed E-state index contributed by atoms with van der Waals surface area (Å²) in [5, 5.41) is 12.9. The predicted octanol–water partition coefficient (Wildman–Crippen LogP) is 1.95. The van der Waals surface area contributed by atoms with Gasteiger partial charge in [0.15, 0.2) is 0 Å². The molecule has 0 heterocycles. The van der Waals surface area contributed by atoms with Crippen molar-refractivity contribution in [3.8, 4) is 0 Å². The lowest BCUT2D eigenvalue weighted by Gasteiger charge is -2.12. The molecule has 1 rings (SSSR count). The summed E-state index contributed by atoms with van der Waals surface area (Å²) < 4.78 is 0. The number of hydrogen-bond donors (Lipinski definition) is 2. The Hall–Kier alpha value is -0.860. The van der Waals surface area contributed by atoms with E-state index in [2.05, 4.69) is 31.3 Å². The zero-order valence-corrected chi connectivity index (χ0v) is 9.17. The first-order valence-electron chi connectivity index (χ1n) is 5.05. The van der Waals surface area contributed by atoms with Crippen LogP contribution in [0.2, 0.25) is 0 Å². The Bertz CT molecular complexity index is 296. The number of aliphatic hydroxyl groups excluding tert-OH is 1. The quantitative estimate of drug-likeness (QED) is 0.766. The minimum absolute atomic E-state index is 0.346. The van der Waals surface area contributed by atoms with Crippen molar-refractivity contribution in [2.24, 2.45) is 0 Å². The Morgan fingerprint density at radius 2 is 2.00 bits per heavy atom. The van der Waals surface area contributed by atoms with Crippen LogP contribution >= 0.6 is 0 Å². The summed E-state index contributed by atoms with van der Waals surface area (Å²) >= 11 is 0. The molecular weight excluding hydrogens is 174 g/mol. The second kappa shape index (κ2) is 5.13. The van der Waals surface area contributed by atoms with Crippen LogP contribution < -0.4 is 5.32 Å². The Morgan fingerprint density at radius 3 is 2.57 bits per heavy atom. The molecule has 0 aliphatic heterocycles. The summed E-state index contributed by atoms with van der Waals surface area (Å²) in [6, 6.07) is 6.13. The molecule has 0 bridgehead atoms. The van der Waals surface area contributed by atoms with Gasteiger partial charge in [0.2, 0.25) is 0 Å². The standard InChI is InChI=1S/C12H19NO/c1-9-4-5-11(8-10(9)2)12(14)6-7-13-3/h4-5,8,12-14H,6-7H2,1-3H3. The van der Waals surface area contributed by atoms with Crippen molar-refractivity contribution >= 4 is 0 Å². The first-order chi connectivity index (χ1) is 6.65. The van der Waals surface area contributed by atoms with E-state index >= 15 is 0 Å².